The highest BCUT2D eigenvalue weighted by Gasteiger charge is 2.33. The zero-order valence-electron chi connectivity index (χ0n) is 18.4. The molecular weight excluding hydrogens is 436 g/mol. The maximum absolute atomic E-state index is 13.3. The molecule has 8 heteroatoms. The van der Waals surface area contributed by atoms with Gasteiger partial charge >= 0.3 is 0 Å². The van der Waals surface area contributed by atoms with Crippen molar-refractivity contribution in [1.29, 1.82) is 0 Å². The van der Waals surface area contributed by atoms with E-state index in [0.717, 1.165) is 45.9 Å². The van der Waals surface area contributed by atoms with Gasteiger partial charge in [-0.25, -0.2) is 9.97 Å². The fraction of sp³-hybridized carbons (Fsp3) is 0.280. The van der Waals surface area contributed by atoms with Gasteiger partial charge < -0.3 is 10.6 Å². The number of fused-ring (bicyclic) bond motifs is 2. The molecule has 0 aliphatic carbocycles. The molecule has 1 atom stereocenters. The SMILES string of the molecule is CCC1C(=O)N(Cc2ccc3c(N)ncnc3c2)CCN1Cc1cc2ccc(Cl)cc2cn1. The number of aromatic nitrogens is 3. The molecule has 4 aromatic rings. The number of anilines is 1. The van der Waals surface area contributed by atoms with Crippen molar-refractivity contribution >= 4 is 45.0 Å². The van der Waals surface area contributed by atoms with E-state index in [0.29, 0.717) is 30.5 Å². The van der Waals surface area contributed by atoms with Crippen molar-refractivity contribution < 1.29 is 4.79 Å². The third-order valence-corrected chi connectivity index (χ3v) is 6.53. The van der Waals surface area contributed by atoms with Crippen LogP contribution in [0.25, 0.3) is 21.7 Å². The van der Waals surface area contributed by atoms with Crippen molar-refractivity contribution in [3.8, 4) is 0 Å². The number of carbonyl (C=O) groups is 1. The minimum absolute atomic E-state index is 0.151. The highest BCUT2D eigenvalue weighted by molar-refractivity contribution is 6.31. The van der Waals surface area contributed by atoms with Crippen molar-refractivity contribution in [3.63, 3.8) is 0 Å². The number of hydrogen-bond donors (Lipinski definition) is 1. The first-order valence-corrected chi connectivity index (χ1v) is 11.5. The van der Waals surface area contributed by atoms with E-state index in [1.54, 1.807) is 0 Å². The number of hydrogen-bond acceptors (Lipinski definition) is 6. The molecule has 2 N–H and O–H groups in total. The molecular formula is C25H25ClN6O. The van der Waals surface area contributed by atoms with Crippen LogP contribution in [0.4, 0.5) is 5.82 Å². The van der Waals surface area contributed by atoms with Gasteiger partial charge in [0.25, 0.3) is 0 Å². The highest BCUT2D eigenvalue weighted by atomic mass is 35.5. The normalized spacial score (nSPS) is 17.2. The predicted molar refractivity (Wildman–Crippen MR) is 131 cm³/mol. The maximum atomic E-state index is 13.3. The Balaban J connectivity index is 1.31. The molecule has 2 aromatic heterocycles. The third kappa shape index (κ3) is 4.34. The van der Waals surface area contributed by atoms with Crippen LogP contribution in [0.5, 0.6) is 0 Å². The van der Waals surface area contributed by atoms with Crippen LogP contribution in [-0.2, 0) is 17.9 Å². The Kier molecular flexibility index (Phi) is 5.83. The van der Waals surface area contributed by atoms with Crippen molar-refractivity contribution in [3.05, 3.63) is 71.3 Å². The smallest absolute Gasteiger partial charge is 0.240 e. The molecule has 1 fully saturated rings. The van der Waals surface area contributed by atoms with Crippen LogP contribution < -0.4 is 5.73 Å². The molecule has 5 rings (SSSR count). The lowest BCUT2D eigenvalue weighted by Gasteiger charge is -2.40. The molecule has 1 saturated heterocycles. The Morgan fingerprint density at radius 2 is 1.91 bits per heavy atom. The number of nitrogen functional groups attached to an aromatic ring is 1. The van der Waals surface area contributed by atoms with Crippen LogP contribution >= 0.6 is 11.6 Å². The molecule has 1 aliphatic rings. The molecule has 1 aliphatic heterocycles. The van der Waals surface area contributed by atoms with Crippen molar-refractivity contribution in [2.24, 2.45) is 0 Å². The standard InChI is InChI=1S/C25H25ClN6O/c1-2-23-25(33)32(13-16-3-6-21-22(9-16)29-15-30-24(21)27)8-7-31(23)14-20-11-17-4-5-19(26)10-18(17)12-28-20/h3-6,9-12,15,23H,2,7-8,13-14H2,1H3,(H2,27,29,30). The zero-order valence-corrected chi connectivity index (χ0v) is 19.2. The number of carbonyl (C=O) groups excluding carboxylic acids is 1. The summed E-state index contributed by atoms with van der Waals surface area (Å²) in [5.74, 6) is 0.617. The summed E-state index contributed by atoms with van der Waals surface area (Å²) < 4.78 is 0. The molecule has 1 amide bonds. The molecule has 2 aromatic carbocycles. The first-order valence-electron chi connectivity index (χ1n) is 11.1. The number of rotatable bonds is 5. The average Bonchev–Trinajstić information content (AvgIpc) is 2.81. The van der Waals surface area contributed by atoms with Gasteiger partial charge in [0.1, 0.15) is 12.1 Å². The lowest BCUT2D eigenvalue weighted by molar-refractivity contribution is -0.143. The number of amides is 1. The van der Waals surface area contributed by atoms with Gasteiger partial charge in [-0.05, 0) is 47.7 Å². The minimum atomic E-state index is -0.167. The Labute approximate surface area is 197 Å². The summed E-state index contributed by atoms with van der Waals surface area (Å²) in [6, 6.07) is 13.6. The summed E-state index contributed by atoms with van der Waals surface area (Å²) in [5.41, 5.74) is 8.72. The second kappa shape index (κ2) is 8.92. The minimum Gasteiger partial charge on any atom is -0.383 e. The van der Waals surface area contributed by atoms with Crippen LogP contribution in [0.3, 0.4) is 0 Å². The Morgan fingerprint density at radius 3 is 2.76 bits per heavy atom. The van der Waals surface area contributed by atoms with Gasteiger partial charge in [-0.15, -0.1) is 0 Å². The van der Waals surface area contributed by atoms with Crippen LogP contribution in [0, 0.1) is 0 Å². The fourth-order valence-electron chi connectivity index (χ4n) is 4.56. The largest absolute Gasteiger partial charge is 0.383 e. The highest BCUT2D eigenvalue weighted by Crippen LogP contribution is 2.24. The second-order valence-electron chi connectivity index (χ2n) is 8.43. The van der Waals surface area contributed by atoms with Crippen molar-refractivity contribution in [2.45, 2.75) is 32.5 Å². The number of nitrogens with two attached hydrogens (primary N) is 1. The summed E-state index contributed by atoms with van der Waals surface area (Å²) >= 11 is 6.09. The lowest BCUT2D eigenvalue weighted by Crippen LogP contribution is -2.56. The van der Waals surface area contributed by atoms with E-state index >= 15 is 0 Å². The van der Waals surface area contributed by atoms with Crippen LogP contribution in [0.15, 0.2) is 55.0 Å². The molecule has 33 heavy (non-hydrogen) atoms. The summed E-state index contributed by atoms with van der Waals surface area (Å²) in [6.07, 6.45) is 4.07. The quantitative estimate of drug-likeness (QED) is 0.483. The number of halogens is 1. The zero-order chi connectivity index (χ0) is 22.9. The van der Waals surface area contributed by atoms with Gasteiger partial charge in [0.05, 0.1) is 17.3 Å². The second-order valence-corrected chi connectivity index (χ2v) is 8.87. The summed E-state index contributed by atoms with van der Waals surface area (Å²) in [6.45, 7) is 4.72. The van der Waals surface area contributed by atoms with Crippen LogP contribution in [0.1, 0.15) is 24.6 Å². The van der Waals surface area contributed by atoms with Crippen molar-refractivity contribution in [2.75, 3.05) is 18.8 Å². The monoisotopic (exact) mass is 460 g/mol. The molecule has 0 bridgehead atoms. The van der Waals surface area contributed by atoms with E-state index in [1.807, 2.05) is 47.5 Å². The van der Waals surface area contributed by atoms with Crippen LogP contribution in [0.2, 0.25) is 5.02 Å². The molecule has 3 heterocycles. The predicted octanol–water partition coefficient (Wildman–Crippen LogP) is 4.04. The van der Waals surface area contributed by atoms with E-state index in [-0.39, 0.29) is 11.9 Å². The van der Waals surface area contributed by atoms with Crippen LogP contribution in [-0.4, -0.2) is 49.8 Å². The topological polar surface area (TPSA) is 88.2 Å². The number of nitrogens with zero attached hydrogens (tertiary/aromatic N) is 5. The van der Waals surface area contributed by atoms with Gasteiger partial charge in [-0.1, -0.05) is 30.7 Å². The molecule has 0 spiro atoms. The third-order valence-electron chi connectivity index (χ3n) is 6.29. The van der Waals surface area contributed by atoms with Gasteiger partial charge in [0.2, 0.25) is 5.91 Å². The summed E-state index contributed by atoms with van der Waals surface area (Å²) in [4.78, 5) is 30.5. The van der Waals surface area contributed by atoms with Gasteiger partial charge in [0.15, 0.2) is 0 Å². The molecule has 168 valence electrons. The number of benzene rings is 2. The summed E-state index contributed by atoms with van der Waals surface area (Å²) in [5, 5.41) is 3.64. The molecule has 1 unspecified atom stereocenters. The Morgan fingerprint density at radius 1 is 1.03 bits per heavy atom. The summed E-state index contributed by atoms with van der Waals surface area (Å²) in [7, 11) is 0. The number of pyridine rings is 1. The molecule has 0 saturated carbocycles. The van der Waals surface area contributed by atoms with Gasteiger partial charge in [0, 0.05) is 48.2 Å². The Hall–Kier alpha value is -3.29. The molecule has 7 nitrogen and oxygen atoms in total. The van der Waals surface area contributed by atoms with Gasteiger partial charge in [-0.2, -0.15) is 0 Å². The number of piperazine rings is 1. The van der Waals surface area contributed by atoms with E-state index in [9.17, 15) is 4.79 Å². The Bertz CT molecular complexity index is 1340. The fourth-order valence-corrected chi connectivity index (χ4v) is 4.74. The molecule has 0 radical (unpaired) electrons. The van der Waals surface area contributed by atoms with E-state index in [1.165, 1.54) is 6.33 Å². The average molecular weight is 461 g/mol. The first kappa shape index (κ1) is 21.6. The maximum Gasteiger partial charge on any atom is 0.240 e. The van der Waals surface area contributed by atoms with Crippen molar-refractivity contribution in [1.82, 2.24) is 24.8 Å². The van der Waals surface area contributed by atoms with E-state index in [2.05, 4.69) is 32.8 Å². The van der Waals surface area contributed by atoms with Gasteiger partial charge in [-0.3, -0.25) is 14.7 Å². The van der Waals surface area contributed by atoms with E-state index in [4.69, 9.17) is 17.3 Å². The van der Waals surface area contributed by atoms with E-state index < -0.39 is 0 Å². The lowest BCUT2D eigenvalue weighted by atomic mass is 10.1. The first-order chi connectivity index (χ1) is 16.0.